The summed E-state index contributed by atoms with van der Waals surface area (Å²) in [6, 6.07) is 6.21. The average Bonchev–Trinajstić information content (AvgIpc) is 2.99. The number of aromatic nitrogens is 2. The summed E-state index contributed by atoms with van der Waals surface area (Å²) in [5.74, 6) is -0.487. The fourth-order valence-corrected chi connectivity index (χ4v) is 1.67. The van der Waals surface area contributed by atoms with Crippen LogP contribution < -0.4 is 10.1 Å². The van der Waals surface area contributed by atoms with Gasteiger partial charge in [0.1, 0.15) is 11.8 Å². The van der Waals surface area contributed by atoms with Gasteiger partial charge in [-0.05, 0) is 18.6 Å². The van der Waals surface area contributed by atoms with Crippen molar-refractivity contribution in [1.29, 1.82) is 0 Å². The molecule has 20 heavy (non-hydrogen) atoms. The highest BCUT2D eigenvalue weighted by atomic mass is 19.1. The molecule has 0 bridgehead atoms. The Kier molecular flexibility index (Phi) is 4.70. The largest absolute Gasteiger partial charge is 0.486 e. The van der Waals surface area contributed by atoms with Gasteiger partial charge >= 0.3 is 0 Å². The second-order valence-electron chi connectivity index (χ2n) is 4.25. The Morgan fingerprint density at radius 2 is 2.30 bits per heavy atom. The standard InChI is InChI=1S/C14H16FN3O2/c1-2-10(20-13-6-4-3-5-11(13)15)7-17-14(19)12-8-16-9-18-12/h3-6,8-10H,2,7H2,1H3,(H,16,18)(H,17,19). The summed E-state index contributed by atoms with van der Waals surface area (Å²) >= 11 is 0. The molecule has 1 unspecified atom stereocenters. The van der Waals surface area contributed by atoms with Gasteiger partial charge in [0.25, 0.3) is 5.91 Å². The number of nitrogens with zero attached hydrogens (tertiary/aromatic N) is 1. The number of halogens is 1. The Balaban J connectivity index is 1.90. The molecule has 0 aliphatic heterocycles. The number of rotatable bonds is 6. The first-order valence-electron chi connectivity index (χ1n) is 6.38. The molecule has 0 spiro atoms. The molecule has 0 aliphatic rings. The van der Waals surface area contributed by atoms with Crippen LogP contribution in [0.15, 0.2) is 36.8 Å². The van der Waals surface area contributed by atoms with Crippen LogP contribution in [0.3, 0.4) is 0 Å². The number of aromatic amines is 1. The lowest BCUT2D eigenvalue weighted by Crippen LogP contribution is -2.35. The number of carbonyl (C=O) groups is 1. The third-order valence-corrected chi connectivity index (χ3v) is 2.82. The van der Waals surface area contributed by atoms with E-state index in [2.05, 4.69) is 15.3 Å². The fourth-order valence-electron chi connectivity index (χ4n) is 1.67. The molecule has 6 heteroatoms. The molecule has 2 aromatic rings. The van der Waals surface area contributed by atoms with Crippen LogP contribution in [0, 0.1) is 5.82 Å². The number of nitrogens with one attached hydrogen (secondary N) is 2. The fraction of sp³-hybridized carbons (Fsp3) is 0.286. The number of imidazole rings is 1. The van der Waals surface area contributed by atoms with Crippen LogP contribution in [0.2, 0.25) is 0 Å². The number of ether oxygens (including phenoxy) is 1. The van der Waals surface area contributed by atoms with E-state index in [-0.39, 0.29) is 17.8 Å². The minimum absolute atomic E-state index is 0.190. The van der Waals surface area contributed by atoms with E-state index in [1.54, 1.807) is 18.2 Å². The molecule has 1 heterocycles. The third kappa shape index (κ3) is 3.57. The van der Waals surface area contributed by atoms with Gasteiger partial charge in [-0.2, -0.15) is 0 Å². The number of para-hydroxylation sites is 1. The summed E-state index contributed by atoms with van der Waals surface area (Å²) in [5.41, 5.74) is 0.380. The van der Waals surface area contributed by atoms with Gasteiger partial charge in [0, 0.05) is 0 Å². The highest BCUT2D eigenvalue weighted by Crippen LogP contribution is 2.17. The molecule has 1 aromatic heterocycles. The zero-order valence-corrected chi connectivity index (χ0v) is 11.1. The second kappa shape index (κ2) is 6.70. The summed E-state index contributed by atoms with van der Waals surface area (Å²) in [6.45, 7) is 2.20. The molecule has 5 nitrogen and oxygen atoms in total. The SMILES string of the molecule is CCC(CNC(=O)c1cnc[nH]1)Oc1ccccc1F. The highest BCUT2D eigenvalue weighted by molar-refractivity contribution is 5.91. The van der Waals surface area contributed by atoms with E-state index in [0.717, 1.165) is 0 Å². The lowest BCUT2D eigenvalue weighted by molar-refractivity contribution is 0.0920. The first-order chi connectivity index (χ1) is 9.70. The van der Waals surface area contributed by atoms with Crippen molar-refractivity contribution in [3.63, 3.8) is 0 Å². The zero-order chi connectivity index (χ0) is 14.4. The van der Waals surface area contributed by atoms with Gasteiger partial charge in [0.2, 0.25) is 0 Å². The summed E-state index contributed by atoms with van der Waals surface area (Å²) < 4.78 is 19.0. The molecule has 0 aliphatic carbocycles. The van der Waals surface area contributed by atoms with Gasteiger partial charge in [-0.3, -0.25) is 4.79 Å². The van der Waals surface area contributed by atoms with Crippen LogP contribution in [0.25, 0.3) is 0 Å². The molecule has 0 radical (unpaired) electrons. The number of amides is 1. The minimum Gasteiger partial charge on any atom is -0.486 e. The van der Waals surface area contributed by atoms with Crippen molar-refractivity contribution in [2.45, 2.75) is 19.4 Å². The van der Waals surface area contributed by atoms with Crippen LogP contribution in [0.4, 0.5) is 4.39 Å². The van der Waals surface area contributed by atoms with Crippen LogP contribution >= 0.6 is 0 Å². The third-order valence-electron chi connectivity index (χ3n) is 2.82. The maximum Gasteiger partial charge on any atom is 0.269 e. The van der Waals surface area contributed by atoms with Crippen molar-refractivity contribution in [2.75, 3.05) is 6.54 Å². The van der Waals surface area contributed by atoms with E-state index in [1.807, 2.05) is 6.92 Å². The number of hydrogen-bond donors (Lipinski definition) is 2. The molecule has 0 fully saturated rings. The Morgan fingerprint density at radius 3 is 2.95 bits per heavy atom. The van der Waals surface area contributed by atoms with Gasteiger partial charge in [0.15, 0.2) is 11.6 Å². The normalized spacial score (nSPS) is 11.9. The van der Waals surface area contributed by atoms with Crippen LogP contribution in [0.1, 0.15) is 23.8 Å². The summed E-state index contributed by atoms with van der Waals surface area (Å²) in [4.78, 5) is 18.2. The van der Waals surface area contributed by atoms with Gasteiger partial charge in [-0.25, -0.2) is 9.37 Å². The highest BCUT2D eigenvalue weighted by Gasteiger charge is 2.13. The van der Waals surface area contributed by atoms with E-state index >= 15 is 0 Å². The lowest BCUT2D eigenvalue weighted by Gasteiger charge is -2.18. The first-order valence-corrected chi connectivity index (χ1v) is 6.38. The van der Waals surface area contributed by atoms with Crippen LogP contribution in [0.5, 0.6) is 5.75 Å². The Morgan fingerprint density at radius 1 is 1.50 bits per heavy atom. The van der Waals surface area contributed by atoms with Crippen molar-refractivity contribution >= 4 is 5.91 Å². The van der Waals surface area contributed by atoms with Gasteiger partial charge in [0.05, 0.1) is 19.1 Å². The molecule has 1 amide bonds. The first kappa shape index (κ1) is 14.0. The van der Waals surface area contributed by atoms with Gasteiger partial charge < -0.3 is 15.0 Å². The average molecular weight is 277 g/mol. The number of carbonyl (C=O) groups excluding carboxylic acids is 1. The number of H-pyrrole nitrogens is 1. The quantitative estimate of drug-likeness (QED) is 0.850. The molecule has 106 valence electrons. The van der Waals surface area contributed by atoms with Crippen LogP contribution in [-0.2, 0) is 0 Å². The lowest BCUT2D eigenvalue weighted by atomic mass is 10.2. The predicted molar refractivity (Wildman–Crippen MR) is 72.0 cm³/mol. The van der Waals surface area contributed by atoms with E-state index < -0.39 is 5.82 Å². The predicted octanol–water partition coefficient (Wildman–Crippen LogP) is 2.14. The topological polar surface area (TPSA) is 67.0 Å². The van der Waals surface area contributed by atoms with Gasteiger partial charge in [-0.15, -0.1) is 0 Å². The Bertz CT molecular complexity index is 557. The van der Waals surface area contributed by atoms with E-state index in [0.29, 0.717) is 18.7 Å². The molecule has 1 atom stereocenters. The molecular weight excluding hydrogens is 261 g/mol. The van der Waals surface area contributed by atoms with Crippen molar-refractivity contribution in [1.82, 2.24) is 15.3 Å². The summed E-state index contributed by atoms with van der Waals surface area (Å²) in [7, 11) is 0. The Labute approximate surface area is 116 Å². The van der Waals surface area contributed by atoms with Crippen molar-refractivity contribution in [3.05, 3.63) is 48.3 Å². The van der Waals surface area contributed by atoms with Crippen molar-refractivity contribution in [3.8, 4) is 5.75 Å². The molecule has 0 saturated heterocycles. The van der Waals surface area contributed by atoms with E-state index in [1.165, 1.54) is 18.6 Å². The van der Waals surface area contributed by atoms with Crippen LogP contribution in [-0.4, -0.2) is 28.5 Å². The summed E-state index contributed by atoms with van der Waals surface area (Å²) in [5, 5.41) is 2.72. The second-order valence-corrected chi connectivity index (χ2v) is 4.25. The maximum atomic E-state index is 13.5. The minimum atomic E-state index is -0.411. The zero-order valence-electron chi connectivity index (χ0n) is 11.1. The molecular formula is C14H16FN3O2. The monoisotopic (exact) mass is 277 g/mol. The number of hydrogen-bond acceptors (Lipinski definition) is 3. The number of benzene rings is 1. The smallest absolute Gasteiger partial charge is 0.269 e. The molecule has 2 N–H and O–H groups in total. The Hall–Kier alpha value is -2.37. The van der Waals surface area contributed by atoms with Crippen molar-refractivity contribution < 1.29 is 13.9 Å². The molecule has 1 aromatic carbocycles. The maximum absolute atomic E-state index is 13.5. The summed E-state index contributed by atoms with van der Waals surface area (Å²) in [6.07, 6.45) is 3.23. The molecule has 2 rings (SSSR count). The van der Waals surface area contributed by atoms with E-state index in [9.17, 15) is 9.18 Å². The van der Waals surface area contributed by atoms with Crippen molar-refractivity contribution in [2.24, 2.45) is 0 Å². The molecule has 0 saturated carbocycles. The van der Waals surface area contributed by atoms with E-state index in [4.69, 9.17) is 4.74 Å². The van der Waals surface area contributed by atoms with Gasteiger partial charge in [-0.1, -0.05) is 19.1 Å².